The highest BCUT2D eigenvalue weighted by atomic mass is 32.2. The first-order valence-corrected chi connectivity index (χ1v) is 7.88. The van der Waals surface area contributed by atoms with Gasteiger partial charge in [-0.2, -0.15) is 0 Å². The number of aromatic amines is 1. The molecule has 17 heavy (non-hydrogen) atoms. The van der Waals surface area contributed by atoms with E-state index in [1.807, 2.05) is 0 Å². The summed E-state index contributed by atoms with van der Waals surface area (Å²) in [5.41, 5.74) is 1.03. The van der Waals surface area contributed by atoms with Gasteiger partial charge in [0.05, 0.1) is 11.5 Å². The fraction of sp³-hybridized carbons (Fsp3) is 0.727. The molecule has 96 valence electrons. The molecule has 1 fully saturated rings. The molecule has 0 saturated carbocycles. The molecule has 1 atom stereocenters. The zero-order valence-corrected chi connectivity index (χ0v) is 10.9. The lowest BCUT2D eigenvalue weighted by Gasteiger charge is -2.03. The van der Waals surface area contributed by atoms with Crippen LogP contribution in [0.15, 0.2) is 6.20 Å². The number of nitrogens with zero attached hydrogens (tertiary/aromatic N) is 1. The lowest BCUT2D eigenvalue weighted by atomic mass is 10.1. The minimum Gasteiger partial charge on any atom is -0.345 e. The van der Waals surface area contributed by atoms with E-state index in [9.17, 15) is 8.42 Å². The molecule has 5 nitrogen and oxygen atoms in total. The molecule has 0 aliphatic carbocycles. The Morgan fingerprint density at radius 2 is 2.41 bits per heavy atom. The second kappa shape index (κ2) is 5.18. The van der Waals surface area contributed by atoms with Gasteiger partial charge in [0.15, 0.2) is 9.84 Å². The van der Waals surface area contributed by atoms with Crippen LogP contribution in [0.4, 0.5) is 0 Å². The van der Waals surface area contributed by atoms with Gasteiger partial charge in [0, 0.05) is 24.4 Å². The highest BCUT2D eigenvalue weighted by Crippen LogP contribution is 2.26. The van der Waals surface area contributed by atoms with Crippen molar-refractivity contribution in [1.29, 1.82) is 0 Å². The van der Waals surface area contributed by atoms with Crippen LogP contribution in [0.3, 0.4) is 0 Å². The van der Waals surface area contributed by atoms with Crippen molar-refractivity contribution in [2.24, 2.45) is 0 Å². The van der Waals surface area contributed by atoms with Gasteiger partial charge in [0.1, 0.15) is 5.82 Å². The minimum atomic E-state index is -2.83. The number of imidazole rings is 1. The van der Waals surface area contributed by atoms with Gasteiger partial charge in [-0.15, -0.1) is 0 Å². The Morgan fingerprint density at radius 3 is 3.06 bits per heavy atom. The molecule has 6 heteroatoms. The van der Waals surface area contributed by atoms with Crippen LogP contribution in [0.25, 0.3) is 0 Å². The molecule has 1 aliphatic rings. The number of hydrogen-bond donors (Lipinski definition) is 2. The average molecular weight is 257 g/mol. The Kier molecular flexibility index (Phi) is 3.83. The number of sulfone groups is 1. The van der Waals surface area contributed by atoms with E-state index in [0.717, 1.165) is 31.0 Å². The zero-order chi connectivity index (χ0) is 12.3. The van der Waals surface area contributed by atoms with Crippen LogP contribution in [0.1, 0.15) is 37.2 Å². The fourth-order valence-electron chi connectivity index (χ4n) is 2.08. The van der Waals surface area contributed by atoms with Gasteiger partial charge < -0.3 is 10.3 Å². The smallest absolute Gasteiger partial charge is 0.151 e. The second-order valence-electron chi connectivity index (χ2n) is 4.57. The van der Waals surface area contributed by atoms with Crippen molar-refractivity contribution in [3.63, 3.8) is 0 Å². The number of rotatable bonds is 5. The minimum absolute atomic E-state index is 0.0555. The molecular weight excluding hydrogens is 238 g/mol. The van der Waals surface area contributed by atoms with E-state index in [0.29, 0.717) is 12.2 Å². The van der Waals surface area contributed by atoms with Gasteiger partial charge in [0.25, 0.3) is 0 Å². The molecule has 2 rings (SSSR count). The van der Waals surface area contributed by atoms with Crippen LogP contribution < -0.4 is 5.32 Å². The summed E-state index contributed by atoms with van der Waals surface area (Å²) < 4.78 is 22.8. The largest absolute Gasteiger partial charge is 0.345 e. The van der Waals surface area contributed by atoms with Gasteiger partial charge >= 0.3 is 0 Å². The molecule has 1 unspecified atom stereocenters. The summed E-state index contributed by atoms with van der Waals surface area (Å²) >= 11 is 0. The Bertz CT molecular complexity index is 467. The second-order valence-corrected chi connectivity index (χ2v) is 6.80. The molecule has 2 N–H and O–H groups in total. The molecule has 0 aromatic carbocycles. The first kappa shape index (κ1) is 12.6. The predicted octanol–water partition coefficient (Wildman–Crippen LogP) is 0.811. The SMILES string of the molecule is CCCNCc1cnc(C2CCS(=O)(=O)C2)[nH]1. The number of hydrogen-bond acceptors (Lipinski definition) is 4. The van der Waals surface area contributed by atoms with Crippen LogP contribution in [-0.2, 0) is 16.4 Å². The lowest BCUT2D eigenvalue weighted by Crippen LogP contribution is -2.14. The number of H-pyrrole nitrogens is 1. The summed E-state index contributed by atoms with van der Waals surface area (Å²) in [4.78, 5) is 7.50. The summed E-state index contributed by atoms with van der Waals surface area (Å²) in [7, 11) is -2.83. The molecule has 1 aromatic rings. The van der Waals surface area contributed by atoms with E-state index in [4.69, 9.17) is 0 Å². The van der Waals surface area contributed by atoms with Crippen molar-refractivity contribution in [2.45, 2.75) is 32.2 Å². The van der Waals surface area contributed by atoms with Crippen molar-refractivity contribution in [3.05, 3.63) is 17.7 Å². The highest BCUT2D eigenvalue weighted by Gasteiger charge is 2.30. The summed E-state index contributed by atoms with van der Waals surface area (Å²) in [6.07, 6.45) is 3.59. The van der Waals surface area contributed by atoms with Gasteiger partial charge in [-0.05, 0) is 19.4 Å². The third-order valence-corrected chi connectivity index (χ3v) is 4.78. The topological polar surface area (TPSA) is 74.8 Å². The maximum Gasteiger partial charge on any atom is 0.151 e. The molecule has 0 radical (unpaired) electrons. The third kappa shape index (κ3) is 3.29. The fourth-order valence-corrected chi connectivity index (χ4v) is 3.83. The van der Waals surface area contributed by atoms with Crippen LogP contribution in [0, 0.1) is 0 Å². The Balaban J connectivity index is 1.94. The summed E-state index contributed by atoms with van der Waals surface area (Å²) in [5.74, 6) is 1.41. The lowest BCUT2D eigenvalue weighted by molar-refractivity contribution is 0.601. The summed E-state index contributed by atoms with van der Waals surface area (Å²) in [5, 5.41) is 3.28. The van der Waals surface area contributed by atoms with E-state index in [1.54, 1.807) is 6.20 Å². The highest BCUT2D eigenvalue weighted by molar-refractivity contribution is 7.91. The zero-order valence-electron chi connectivity index (χ0n) is 10.1. The standard InChI is InChI=1S/C11H19N3O2S/c1-2-4-12-6-10-7-13-11(14-10)9-3-5-17(15,16)8-9/h7,9,12H,2-6,8H2,1H3,(H,13,14). The predicted molar refractivity (Wildman–Crippen MR) is 66.6 cm³/mol. The Hall–Kier alpha value is -0.880. The molecule has 0 spiro atoms. The van der Waals surface area contributed by atoms with E-state index >= 15 is 0 Å². The van der Waals surface area contributed by atoms with Gasteiger partial charge in [-0.3, -0.25) is 0 Å². The van der Waals surface area contributed by atoms with Crippen molar-refractivity contribution in [1.82, 2.24) is 15.3 Å². The van der Waals surface area contributed by atoms with Crippen molar-refractivity contribution < 1.29 is 8.42 Å². The van der Waals surface area contributed by atoms with E-state index < -0.39 is 9.84 Å². The maximum atomic E-state index is 11.4. The Labute approximate surface area is 102 Å². The van der Waals surface area contributed by atoms with E-state index in [-0.39, 0.29) is 11.7 Å². The first-order chi connectivity index (χ1) is 8.11. The molecule has 0 amide bonds. The quantitative estimate of drug-likeness (QED) is 0.766. The van der Waals surface area contributed by atoms with Crippen molar-refractivity contribution in [3.8, 4) is 0 Å². The van der Waals surface area contributed by atoms with Gasteiger partial charge in [-0.25, -0.2) is 13.4 Å². The van der Waals surface area contributed by atoms with Crippen LogP contribution in [0.5, 0.6) is 0 Å². The van der Waals surface area contributed by atoms with Crippen LogP contribution in [-0.4, -0.2) is 36.4 Å². The molecule has 1 saturated heterocycles. The normalized spacial score (nSPS) is 23.0. The monoisotopic (exact) mass is 257 g/mol. The van der Waals surface area contributed by atoms with E-state index in [2.05, 4.69) is 22.2 Å². The molecule has 2 heterocycles. The molecular formula is C11H19N3O2S. The van der Waals surface area contributed by atoms with Crippen molar-refractivity contribution >= 4 is 9.84 Å². The third-order valence-electron chi connectivity index (χ3n) is 3.01. The molecule has 0 bridgehead atoms. The van der Waals surface area contributed by atoms with Crippen molar-refractivity contribution in [2.75, 3.05) is 18.1 Å². The van der Waals surface area contributed by atoms with E-state index in [1.165, 1.54) is 0 Å². The first-order valence-electron chi connectivity index (χ1n) is 6.05. The van der Waals surface area contributed by atoms with Crippen LogP contribution >= 0.6 is 0 Å². The molecule has 1 aromatic heterocycles. The maximum absolute atomic E-state index is 11.4. The Morgan fingerprint density at radius 1 is 1.59 bits per heavy atom. The number of nitrogens with one attached hydrogen (secondary N) is 2. The number of aromatic nitrogens is 2. The summed E-state index contributed by atoms with van der Waals surface area (Å²) in [6, 6.07) is 0. The van der Waals surface area contributed by atoms with Gasteiger partial charge in [0.2, 0.25) is 0 Å². The van der Waals surface area contributed by atoms with Crippen LogP contribution in [0.2, 0.25) is 0 Å². The average Bonchev–Trinajstić information content (AvgIpc) is 2.85. The summed E-state index contributed by atoms with van der Waals surface area (Å²) in [6.45, 7) is 3.86. The van der Waals surface area contributed by atoms with Gasteiger partial charge in [-0.1, -0.05) is 6.92 Å². The molecule has 1 aliphatic heterocycles.